The Hall–Kier alpha value is -2.44. The molecule has 0 atom stereocenters. The fourth-order valence-corrected chi connectivity index (χ4v) is 3.64. The van der Waals surface area contributed by atoms with Crippen molar-refractivity contribution in [2.45, 2.75) is 13.8 Å². The zero-order valence-corrected chi connectivity index (χ0v) is 14.7. The van der Waals surface area contributed by atoms with Crippen LogP contribution in [0.15, 0.2) is 35.4 Å². The van der Waals surface area contributed by atoms with Gasteiger partial charge in [-0.15, -0.1) is 11.3 Å². The van der Waals surface area contributed by atoms with Crippen LogP contribution >= 0.6 is 22.9 Å². The van der Waals surface area contributed by atoms with Crippen molar-refractivity contribution < 1.29 is 4.79 Å². The lowest BCUT2D eigenvalue weighted by atomic mass is 10.1. The summed E-state index contributed by atoms with van der Waals surface area (Å²) < 4.78 is 0. The molecule has 1 aromatic carbocycles. The number of carbonyl (C=O) groups is 1. The molecule has 5 nitrogen and oxygen atoms in total. The molecule has 0 aliphatic carbocycles. The second-order valence-corrected chi connectivity index (χ2v) is 6.79. The first-order valence-corrected chi connectivity index (χ1v) is 8.40. The van der Waals surface area contributed by atoms with Crippen molar-refractivity contribution in [3.8, 4) is 0 Å². The van der Waals surface area contributed by atoms with Gasteiger partial charge in [-0.3, -0.25) is 4.79 Å². The Bertz CT molecular complexity index is 947. The van der Waals surface area contributed by atoms with Crippen LogP contribution in [0.2, 0.25) is 5.02 Å². The van der Waals surface area contributed by atoms with Crippen LogP contribution in [-0.4, -0.2) is 17.1 Å². The summed E-state index contributed by atoms with van der Waals surface area (Å²) in [7, 11) is 0. The summed E-state index contributed by atoms with van der Waals surface area (Å²) in [5.41, 5.74) is 11.8. The number of carbonyl (C=O) groups excluding carboxylic acids is 1. The molecule has 0 bridgehead atoms. The minimum atomic E-state index is -0.349. The van der Waals surface area contributed by atoms with Crippen LogP contribution in [0.25, 0.3) is 10.2 Å². The Morgan fingerprint density at radius 1 is 1.33 bits per heavy atom. The lowest BCUT2D eigenvalue weighted by molar-refractivity contribution is 0.0960. The number of nitrogens with one attached hydrogen (secondary N) is 1. The molecule has 0 saturated heterocycles. The first-order chi connectivity index (χ1) is 11.5. The van der Waals surface area contributed by atoms with Gasteiger partial charge in [-0.05, 0) is 43.2 Å². The van der Waals surface area contributed by atoms with E-state index in [0.717, 1.165) is 27.0 Å². The highest BCUT2D eigenvalue weighted by molar-refractivity contribution is 7.21. The normalized spacial score (nSPS) is 11.3. The highest BCUT2D eigenvalue weighted by Crippen LogP contribution is 2.34. The Labute approximate surface area is 148 Å². The monoisotopic (exact) mass is 358 g/mol. The molecule has 1 amide bonds. The molecular weight excluding hydrogens is 344 g/mol. The van der Waals surface area contributed by atoms with Crippen LogP contribution in [0.4, 0.5) is 5.69 Å². The second kappa shape index (κ2) is 6.59. The fourth-order valence-electron chi connectivity index (χ4n) is 2.40. The van der Waals surface area contributed by atoms with Crippen molar-refractivity contribution >= 4 is 51.0 Å². The quantitative estimate of drug-likeness (QED) is 0.550. The average molecular weight is 359 g/mol. The Morgan fingerprint density at radius 3 is 2.75 bits per heavy atom. The number of fused-ring (bicyclic) bond motifs is 1. The van der Waals surface area contributed by atoms with Gasteiger partial charge in [-0.25, -0.2) is 10.4 Å². The molecule has 7 heteroatoms. The van der Waals surface area contributed by atoms with Gasteiger partial charge in [-0.2, -0.15) is 5.10 Å². The zero-order chi connectivity index (χ0) is 17.3. The molecule has 0 aliphatic rings. The maximum atomic E-state index is 12.3. The van der Waals surface area contributed by atoms with Crippen LogP contribution in [0.5, 0.6) is 0 Å². The molecule has 122 valence electrons. The number of benzene rings is 1. The van der Waals surface area contributed by atoms with E-state index in [-0.39, 0.29) is 5.91 Å². The molecule has 0 saturated carbocycles. The predicted molar refractivity (Wildman–Crippen MR) is 100 cm³/mol. The van der Waals surface area contributed by atoms with Crippen LogP contribution < -0.4 is 11.2 Å². The molecule has 0 fully saturated rings. The number of hydrogen-bond acceptors (Lipinski definition) is 5. The summed E-state index contributed by atoms with van der Waals surface area (Å²) in [6.45, 7) is 3.87. The third-order valence-corrected chi connectivity index (χ3v) is 4.83. The molecule has 2 aromatic heterocycles. The van der Waals surface area contributed by atoms with E-state index in [1.807, 2.05) is 32.0 Å². The van der Waals surface area contributed by atoms with E-state index >= 15 is 0 Å². The molecule has 0 radical (unpaired) electrons. The Morgan fingerprint density at radius 2 is 2.04 bits per heavy atom. The van der Waals surface area contributed by atoms with Gasteiger partial charge in [0.05, 0.1) is 11.9 Å². The number of anilines is 1. The lowest BCUT2D eigenvalue weighted by Gasteiger charge is -2.00. The minimum Gasteiger partial charge on any atom is -0.397 e. The molecule has 0 unspecified atom stereocenters. The van der Waals surface area contributed by atoms with Crippen LogP contribution in [0, 0.1) is 13.8 Å². The lowest BCUT2D eigenvalue weighted by Crippen LogP contribution is -2.17. The number of nitrogen functional groups attached to an aromatic ring is 1. The zero-order valence-electron chi connectivity index (χ0n) is 13.1. The van der Waals surface area contributed by atoms with E-state index in [1.54, 1.807) is 18.3 Å². The van der Waals surface area contributed by atoms with Crippen LogP contribution in [0.3, 0.4) is 0 Å². The molecule has 24 heavy (non-hydrogen) atoms. The number of nitrogens with zero attached hydrogens (tertiary/aromatic N) is 2. The number of pyridine rings is 1. The van der Waals surface area contributed by atoms with Gasteiger partial charge < -0.3 is 5.73 Å². The number of aryl methyl sites for hydroxylation is 2. The molecule has 3 aromatic rings. The van der Waals surface area contributed by atoms with E-state index < -0.39 is 0 Å². The van der Waals surface area contributed by atoms with Crippen LogP contribution in [0.1, 0.15) is 26.5 Å². The predicted octanol–water partition coefficient (Wildman–Crippen LogP) is 3.91. The molecule has 0 aliphatic heterocycles. The average Bonchev–Trinajstić information content (AvgIpc) is 2.86. The number of thiophene rings is 1. The third kappa shape index (κ3) is 3.25. The van der Waals surface area contributed by atoms with Crippen molar-refractivity contribution in [1.82, 2.24) is 10.4 Å². The van der Waals surface area contributed by atoms with E-state index in [4.69, 9.17) is 17.3 Å². The van der Waals surface area contributed by atoms with Crippen molar-refractivity contribution in [2.24, 2.45) is 5.10 Å². The summed E-state index contributed by atoms with van der Waals surface area (Å²) in [5.74, 6) is -0.349. The fraction of sp³-hybridized carbons (Fsp3) is 0.118. The Balaban J connectivity index is 1.82. The third-order valence-electron chi connectivity index (χ3n) is 3.48. The SMILES string of the molecule is Cc1cc(C)c2c(N)c(C(=O)N/N=C\c3ccc(Cl)cc3)sc2n1. The van der Waals surface area contributed by atoms with E-state index in [2.05, 4.69) is 15.5 Å². The number of aromatic nitrogens is 1. The summed E-state index contributed by atoms with van der Waals surface area (Å²) in [6.07, 6.45) is 1.55. The molecular formula is C17H15ClN4OS. The smallest absolute Gasteiger partial charge is 0.283 e. The van der Waals surface area contributed by atoms with Gasteiger partial charge in [0.15, 0.2) is 0 Å². The molecule has 2 heterocycles. The second-order valence-electron chi connectivity index (χ2n) is 5.36. The topological polar surface area (TPSA) is 80.4 Å². The van der Waals surface area contributed by atoms with Crippen molar-refractivity contribution in [1.29, 1.82) is 0 Å². The number of hydrogen-bond donors (Lipinski definition) is 2. The highest BCUT2D eigenvalue weighted by atomic mass is 35.5. The van der Waals surface area contributed by atoms with E-state index in [9.17, 15) is 4.79 Å². The summed E-state index contributed by atoms with van der Waals surface area (Å²) in [4.78, 5) is 18.0. The van der Waals surface area contributed by atoms with Gasteiger partial charge in [0.1, 0.15) is 9.71 Å². The van der Waals surface area contributed by atoms with Gasteiger partial charge >= 0.3 is 0 Å². The van der Waals surface area contributed by atoms with Crippen molar-refractivity contribution in [3.05, 3.63) is 57.1 Å². The highest BCUT2D eigenvalue weighted by Gasteiger charge is 2.18. The minimum absolute atomic E-state index is 0.349. The van der Waals surface area contributed by atoms with Crippen LogP contribution in [-0.2, 0) is 0 Å². The summed E-state index contributed by atoms with van der Waals surface area (Å²) in [6, 6.07) is 9.08. The summed E-state index contributed by atoms with van der Waals surface area (Å²) in [5, 5.41) is 5.44. The number of nitrogens with two attached hydrogens (primary N) is 1. The molecule has 3 N–H and O–H groups in total. The number of rotatable bonds is 3. The first-order valence-electron chi connectivity index (χ1n) is 7.21. The first kappa shape index (κ1) is 16.4. The molecule has 0 spiro atoms. The van der Waals surface area contributed by atoms with Gasteiger partial charge in [0.25, 0.3) is 5.91 Å². The number of halogens is 1. The van der Waals surface area contributed by atoms with Gasteiger partial charge in [0.2, 0.25) is 0 Å². The van der Waals surface area contributed by atoms with Gasteiger partial charge in [-0.1, -0.05) is 23.7 Å². The standard InChI is InChI=1S/C17H15ClN4OS/c1-9-7-10(2)21-17-13(9)14(19)15(24-17)16(23)22-20-8-11-3-5-12(18)6-4-11/h3-8H,19H2,1-2H3,(H,22,23)/b20-8-. The maximum Gasteiger partial charge on any atom is 0.283 e. The van der Waals surface area contributed by atoms with Gasteiger partial charge in [0, 0.05) is 16.1 Å². The van der Waals surface area contributed by atoms with E-state index in [1.165, 1.54) is 11.3 Å². The van der Waals surface area contributed by atoms with Crippen molar-refractivity contribution in [3.63, 3.8) is 0 Å². The Kier molecular flexibility index (Phi) is 4.51. The largest absolute Gasteiger partial charge is 0.397 e. The number of amides is 1. The van der Waals surface area contributed by atoms with Crippen molar-refractivity contribution in [2.75, 3.05) is 5.73 Å². The van der Waals surface area contributed by atoms with E-state index in [0.29, 0.717) is 15.6 Å². The maximum absolute atomic E-state index is 12.3. The number of hydrazone groups is 1. The molecule has 3 rings (SSSR count). The summed E-state index contributed by atoms with van der Waals surface area (Å²) >= 11 is 7.09.